The summed E-state index contributed by atoms with van der Waals surface area (Å²) in [5.74, 6) is -0.0894. The Morgan fingerprint density at radius 2 is 1.55 bits per heavy atom. The fourth-order valence-electron chi connectivity index (χ4n) is 1.83. The molecule has 0 saturated carbocycles. The van der Waals surface area contributed by atoms with Crippen molar-refractivity contribution in [1.29, 1.82) is 0 Å². The molecule has 20 heavy (non-hydrogen) atoms. The predicted octanol–water partition coefficient (Wildman–Crippen LogP) is 4.69. The lowest BCUT2D eigenvalue weighted by Gasteiger charge is -2.15. The van der Waals surface area contributed by atoms with Crippen molar-refractivity contribution in [2.45, 2.75) is 71.0 Å². The van der Waals surface area contributed by atoms with Gasteiger partial charge in [0.05, 0.1) is 7.11 Å². The van der Waals surface area contributed by atoms with Crippen LogP contribution < -0.4 is 0 Å². The maximum atomic E-state index is 10.9. The number of unbranched alkanes of at least 4 members (excludes halogenated alkanes) is 5. The maximum absolute atomic E-state index is 10.9. The van der Waals surface area contributed by atoms with E-state index >= 15 is 0 Å². The van der Waals surface area contributed by atoms with Crippen LogP contribution in [-0.4, -0.2) is 28.0 Å². The highest BCUT2D eigenvalue weighted by Gasteiger charge is 2.12. The molecular weight excluding hydrogens is 268 g/mol. The molecule has 0 aliphatic heterocycles. The molecule has 118 valence electrons. The van der Waals surface area contributed by atoms with Crippen molar-refractivity contribution in [2.75, 3.05) is 13.7 Å². The monoisotopic (exact) mass is 300 g/mol. The van der Waals surface area contributed by atoms with Gasteiger partial charge in [0, 0.05) is 13.0 Å². The topological polar surface area (TPSA) is 35.5 Å². The zero-order chi connectivity index (χ0) is 15.3. The first-order valence-electron chi connectivity index (χ1n) is 7.81. The molecule has 0 amide bonds. The molecule has 0 saturated heterocycles. The van der Waals surface area contributed by atoms with E-state index in [1.165, 1.54) is 26.4 Å². The third-order valence-corrected chi connectivity index (χ3v) is 4.04. The molecule has 0 unspecified atom stereocenters. The highest BCUT2D eigenvalue weighted by molar-refractivity contribution is 6.69. The van der Waals surface area contributed by atoms with E-state index in [4.69, 9.17) is 4.43 Å². The molecule has 0 atom stereocenters. The van der Waals surface area contributed by atoms with Gasteiger partial charge in [0.2, 0.25) is 0 Å². The second kappa shape index (κ2) is 12.2. The van der Waals surface area contributed by atoms with Gasteiger partial charge in [0.15, 0.2) is 8.32 Å². The van der Waals surface area contributed by atoms with E-state index in [9.17, 15) is 4.79 Å². The molecule has 0 bridgehead atoms. The average molecular weight is 301 g/mol. The Labute approximate surface area is 125 Å². The van der Waals surface area contributed by atoms with Crippen LogP contribution in [0.5, 0.6) is 0 Å². The molecule has 0 aliphatic carbocycles. The van der Waals surface area contributed by atoms with E-state index in [-0.39, 0.29) is 5.97 Å². The van der Waals surface area contributed by atoms with Gasteiger partial charge in [-0.2, -0.15) is 0 Å². The third-order valence-electron chi connectivity index (χ3n) is 2.97. The quantitative estimate of drug-likeness (QED) is 0.227. The lowest BCUT2D eigenvalue weighted by atomic mass is 10.1. The van der Waals surface area contributed by atoms with E-state index in [0.717, 1.165) is 32.3 Å². The van der Waals surface area contributed by atoms with Crippen LogP contribution in [0, 0.1) is 0 Å². The van der Waals surface area contributed by atoms with Gasteiger partial charge in [0.1, 0.15) is 0 Å². The van der Waals surface area contributed by atoms with Crippen LogP contribution in [0.3, 0.4) is 0 Å². The van der Waals surface area contributed by atoms with Crippen molar-refractivity contribution < 1.29 is 14.0 Å². The number of ether oxygens (including phenoxy) is 1. The van der Waals surface area contributed by atoms with Gasteiger partial charge in [-0.1, -0.05) is 31.4 Å². The molecule has 3 nitrogen and oxygen atoms in total. The van der Waals surface area contributed by atoms with Crippen LogP contribution in [0.2, 0.25) is 19.6 Å². The fraction of sp³-hybridized carbons (Fsp3) is 0.812. The van der Waals surface area contributed by atoms with Gasteiger partial charge in [-0.15, -0.1) is 0 Å². The van der Waals surface area contributed by atoms with Crippen molar-refractivity contribution in [3.63, 3.8) is 0 Å². The molecular formula is C16H32O3Si. The van der Waals surface area contributed by atoms with Gasteiger partial charge in [-0.05, 0) is 45.3 Å². The largest absolute Gasteiger partial charge is 0.469 e. The van der Waals surface area contributed by atoms with Crippen molar-refractivity contribution in [1.82, 2.24) is 0 Å². The van der Waals surface area contributed by atoms with E-state index in [0.29, 0.717) is 6.42 Å². The van der Waals surface area contributed by atoms with Crippen LogP contribution in [-0.2, 0) is 14.0 Å². The fourth-order valence-corrected chi connectivity index (χ4v) is 2.56. The molecule has 0 spiro atoms. The van der Waals surface area contributed by atoms with Crippen molar-refractivity contribution >= 4 is 14.3 Å². The number of methoxy groups -OCH3 is 1. The summed E-state index contributed by atoms with van der Waals surface area (Å²) in [6.07, 6.45) is 13.0. The van der Waals surface area contributed by atoms with E-state index in [1.807, 2.05) is 0 Å². The Morgan fingerprint density at radius 3 is 2.20 bits per heavy atom. The normalized spacial score (nSPS) is 12.0. The summed E-state index contributed by atoms with van der Waals surface area (Å²) < 4.78 is 10.4. The number of carbonyl (C=O) groups excluding carboxylic acids is 1. The first-order chi connectivity index (χ1) is 9.45. The van der Waals surface area contributed by atoms with Crippen molar-refractivity contribution in [3.05, 3.63) is 12.2 Å². The number of hydrogen-bond acceptors (Lipinski definition) is 3. The molecule has 0 aromatic rings. The van der Waals surface area contributed by atoms with Crippen LogP contribution in [0.4, 0.5) is 0 Å². The summed E-state index contributed by atoms with van der Waals surface area (Å²) in [5, 5.41) is 0. The predicted molar refractivity (Wildman–Crippen MR) is 87.4 cm³/mol. The van der Waals surface area contributed by atoms with Crippen molar-refractivity contribution in [2.24, 2.45) is 0 Å². The first-order valence-corrected chi connectivity index (χ1v) is 11.2. The smallest absolute Gasteiger partial charge is 0.305 e. The second-order valence-corrected chi connectivity index (χ2v) is 10.6. The van der Waals surface area contributed by atoms with Gasteiger partial charge in [0.25, 0.3) is 0 Å². The minimum Gasteiger partial charge on any atom is -0.469 e. The van der Waals surface area contributed by atoms with Gasteiger partial charge in [-0.25, -0.2) is 0 Å². The molecule has 0 aromatic carbocycles. The van der Waals surface area contributed by atoms with E-state index < -0.39 is 8.32 Å². The average Bonchev–Trinajstić information content (AvgIpc) is 2.38. The van der Waals surface area contributed by atoms with Crippen LogP contribution in [0.1, 0.15) is 51.4 Å². The number of rotatable bonds is 12. The SMILES string of the molecule is COC(=O)CCCCCCC/C=C/CCO[Si](C)(C)C. The minimum atomic E-state index is -1.33. The summed E-state index contributed by atoms with van der Waals surface area (Å²) in [7, 11) is 0.119. The maximum Gasteiger partial charge on any atom is 0.305 e. The molecule has 0 aromatic heterocycles. The lowest BCUT2D eigenvalue weighted by molar-refractivity contribution is -0.140. The minimum absolute atomic E-state index is 0.0894. The molecule has 0 fully saturated rings. The first kappa shape index (κ1) is 19.4. The van der Waals surface area contributed by atoms with E-state index in [1.54, 1.807) is 0 Å². The zero-order valence-electron chi connectivity index (χ0n) is 13.7. The van der Waals surface area contributed by atoms with Gasteiger partial charge < -0.3 is 9.16 Å². The second-order valence-electron chi connectivity index (χ2n) is 6.10. The van der Waals surface area contributed by atoms with E-state index in [2.05, 4.69) is 36.5 Å². The van der Waals surface area contributed by atoms with Crippen LogP contribution >= 0.6 is 0 Å². The molecule has 0 aliphatic rings. The van der Waals surface area contributed by atoms with Crippen LogP contribution in [0.15, 0.2) is 12.2 Å². The summed E-state index contributed by atoms with van der Waals surface area (Å²) in [6, 6.07) is 0. The Balaban J connectivity index is 3.22. The Bertz CT molecular complexity index is 269. The Morgan fingerprint density at radius 1 is 0.950 bits per heavy atom. The molecule has 0 heterocycles. The van der Waals surface area contributed by atoms with Crippen LogP contribution in [0.25, 0.3) is 0 Å². The molecule has 0 radical (unpaired) electrons. The molecule has 4 heteroatoms. The highest BCUT2D eigenvalue weighted by Crippen LogP contribution is 2.08. The van der Waals surface area contributed by atoms with Gasteiger partial charge >= 0.3 is 5.97 Å². The Kier molecular flexibility index (Phi) is 11.8. The van der Waals surface area contributed by atoms with Crippen molar-refractivity contribution in [3.8, 4) is 0 Å². The lowest BCUT2D eigenvalue weighted by Crippen LogP contribution is -2.25. The summed E-state index contributed by atoms with van der Waals surface area (Å²) >= 11 is 0. The number of esters is 1. The number of carbonyl (C=O) groups is 1. The Hall–Kier alpha value is -0.613. The highest BCUT2D eigenvalue weighted by atomic mass is 28.4. The summed E-state index contributed by atoms with van der Waals surface area (Å²) in [5.41, 5.74) is 0. The number of hydrogen-bond donors (Lipinski definition) is 0. The summed E-state index contributed by atoms with van der Waals surface area (Å²) in [6.45, 7) is 7.52. The summed E-state index contributed by atoms with van der Waals surface area (Å²) in [4.78, 5) is 10.9. The third kappa shape index (κ3) is 15.4. The van der Waals surface area contributed by atoms with Gasteiger partial charge in [-0.3, -0.25) is 4.79 Å². The zero-order valence-corrected chi connectivity index (χ0v) is 14.7. The number of allylic oxidation sites excluding steroid dienone is 1. The molecule has 0 N–H and O–H groups in total. The standard InChI is InChI=1S/C16H32O3Si/c1-18-16(17)14-12-10-8-6-5-7-9-11-13-15-19-20(2,3)4/h9,11H,5-8,10,12-15H2,1-4H3/b11-9+. The molecule has 0 rings (SSSR count).